The molecule has 2 aromatic carbocycles. The molecule has 0 bridgehead atoms. The first-order chi connectivity index (χ1) is 12.2. The van der Waals surface area contributed by atoms with Gasteiger partial charge in [0.2, 0.25) is 10.0 Å². The van der Waals surface area contributed by atoms with Gasteiger partial charge in [-0.25, -0.2) is 21.6 Å². The van der Waals surface area contributed by atoms with E-state index in [1.807, 2.05) is 13.8 Å². The van der Waals surface area contributed by atoms with Crippen LogP contribution in [0.2, 0.25) is 0 Å². The second-order valence-electron chi connectivity index (χ2n) is 6.06. The monoisotopic (exact) mass is 396 g/mol. The quantitative estimate of drug-likeness (QED) is 0.717. The molecule has 0 fully saturated rings. The standard InChI is InChI=1S/C18H24N2O4S2/c1-4-14(3)19-26(23,24)18-8-6-7-16(13-18)20-25(21,22)17-11-9-15(5-2)10-12-17/h6-14,19-20H,4-5H2,1-3H3/t14-/m1/s1. The van der Waals surface area contributed by atoms with Gasteiger partial charge >= 0.3 is 0 Å². The van der Waals surface area contributed by atoms with Crippen LogP contribution in [-0.4, -0.2) is 22.9 Å². The molecule has 0 heterocycles. The smallest absolute Gasteiger partial charge is 0.261 e. The number of sulfonamides is 2. The lowest BCUT2D eigenvalue weighted by atomic mass is 10.2. The van der Waals surface area contributed by atoms with Crippen LogP contribution < -0.4 is 9.44 Å². The molecule has 2 rings (SSSR count). The van der Waals surface area contributed by atoms with Crippen LogP contribution in [0.1, 0.15) is 32.8 Å². The number of nitrogens with one attached hydrogen (secondary N) is 2. The van der Waals surface area contributed by atoms with Gasteiger partial charge in [0.15, 0.2) is 0 Å². The average Bonchev–Trinajstić information content (AvgIpc) is 2.61. The Morgan fingerprint density at radius 3 is 2.12 bits per heavy atom. The van der Waals surface area contributed by atoms with Gasteiger partial charge in [0.05, 0.1) is 15.5 Å². The van der Waals surface area contributed by atoms with E-state index in [-0.39, 0.29) is 21.5 Å². The summed E-state index contributed by atoms with van der Waals surface area (Å²) in [6.07, 6.45) is 1.47. The molecular weight excluding hydrogens is 372 g/mol. The number of hydrogen-bond acceptors (Lipinski definition) is 4. The van der Waals surface area contributed by atoms with Crippen molar-refractivity contribution in [1.29, 1.82) is 0 Å². The molecule has 0 amide bonds. The van der Waals surface area contributed by atoms with E-state index in [1.165, 1.54) is 36.4 Å². The maximum Gasteiger partial charge on any atom is 0.261 e. The lowest BCUT2D eigenvalue weighted by molar-refractivity contribution is 0.556. The maximum absolute atomic E-state index is 12.5. The summed E-state index contributed by atoms with van der Waals surface area (Å²) in [5.41, 5.74) is 1.23. The first kappa shape index (κ1) is 20.4. The lowest BCUT2D eigenvalue weighted by Crippen LogP contribution is -2.32. The summed E-state index contributed by atoms with van der Waals surface area (Å²) in [6, 6.07) is 12.1. The molecule has 0 saturated heterocycles. The Bertz CT molecular complexity index is 953. The SMILES string of the molecule is CCc1ccc(S(=O)(=O)Nc2cccc(S(=O)(=O)N[C@H](C)CC)c2)cc1. The van der Waals surface area contributed by atoms with Crippen LogP contribution in [0, 0.1) is 0 Å². The predicted molar refractivity (Wildman–Crippen MR) is 103 cm³/mol. The third-order valence-electron chi connectivity index (χ3n) is 4.01. The molecule has 0 spiro atoms. The van der Waals surface area contributed by atoms with Crippen molar-refractivity contribution >= 4 is 25.7 Å². The molecule has 0 unspecified atom stereocenters. The van der Waals surface area contributed by atoms with Gasteiger partial charge in [0.1, 0.15) is 0 Å². The minimum absolute atomic E-state index is 0.0133. The highest BCUT2D eigenvalue weighted by atomic mass is 32.2. The van der Waals surface area contributed by atoms with Crippen molar-refractivity contribution in [2.75, 3.05) is 4.72 Å². The molecule has 0 aliphatic rings. The molecule has 26 heavy (non-hydrogen) atoms. The van der Waals surface area contributed by atoms with Gasteiger partial charge in [-0.15, -0.1) is 0 Å². The molecule has 142 valence electrons. The summed E-state index contributed by atoms with van der Waals surface area (Å²) >= 11 is 0. The third-order valence-corrected chi connectivity index (χ3v) is 6.99. The highest BCUT2D eigenvalue weighted by molar-refractivity contribution is 7.92. The fourth-order valence-electron chi connectivity index (χ4n) is 2.26. The van der Waals surface area contributed by atoms with Gasteiger partial charge in [-0.3, -0.25) is 4.72 Å². The Hall–Kier alpha value is -1.90. The minimum atomic E-state index is -3.79. The van der Waals surface area contributed by atoms with Crippen LogP contribution in [-0.2, 0) is 26.5 Å². The Balaban J connectivity index is 2.27. The number of aryl methyl sites for hydroxylation is 1. The van der Waals surface area contributed by atoms with Crippen LogP contribution in [0.3, 0.4) is 0 Å². The second kappa shape index (κ2) is 8.20. The molecule has 8 heteroatoms. The molecule has 2 aromatic rings. The second-order valence-corrected chi connectivity index (χ2v) is 9.46. The summed E-state index contributed by atoms with van der Waals surface area (Å²) < 4.78 is 54.7. The number of hydrogen-bond donors (Lipinski definition) is 2. The third kappa shape index (κ3) is 5.06. The topological polar surface area (TPSA) is 92.3 Å². The van der Waals surface area contributed by atoms with E-state index >= 15 is 0 Å². The van der Waals surface area contributed by atoms with Crippen LogP contribution in [0.4, 0.5) is 5.69 Å². The van der Waals surface area contributed by atoms with Crippen molar-refractivity contribution < 1.29 is 16.8 Å². The zero-order chi connectivity index (χ0) is 19.4. The number of anilines is 1. The Kier molecular flexibility index (Phi) is 6.44. The van der Waals surface area contributed by atoms with Gasteiger partial charge < -0.3 is 0 Å². The van der Waals surface area contributed by atoms with E-state index in [1.54, 1.807) is 19.1 Å². The van der Waals surface area contributed by atoms with Crippen molar-refractivity contribution in [3.05, 3.63) is 54.1 Å². The van der Waals surface area contributed by atoms with Crippen LogP contribution in [0.25, 0.3) is 0 Å². The molecular formula is C18H24N2O4S2. The molecule has 0 radical (unpaired) electrons. The first-order valence-corrected chi connectivity index (χ1v) is 11.4. The van der Waals surface area contributed by atoms with E-state index in [0.717, 1.165) is 12.0 Å². The van der Waals surface area contributed by atoms with Gasteiger partial charge in [-0.1, -0.05) is 32.0 Å². The fraction of sp³-hybridized carbons (Fsp3) is 0.333. The van der Waals surface area contributed by atoms with Crippen molar-refractivity contribution in [2.45, 2.75) is 49.4 Å². The fourth-order valence-corrected chi connectivity index (χ4v) is 4.68. The molecule has 0 aromatic heterocycles. The van der Waals surface area contributed by atoms with E-state index < -0.39 is 20.0 Å². The van der Waals surface area contributed by atoms with E-state index in [2.05, 4.69) is 9.44 Å². The van der Waals surface area contributed by atoms with Crippen LogP contribution in [0.5, 0.6) is 0 Å². The summed E-state index contributed by atoms with van der Waals surface area (Å²) in [5.74, 6) is 0. The van der Waals surface area contributed by atoms with Crippen molar-refractivity contribution in [3.8, 4) is 0 Å². The average molecular weight is 397 g/mol. The molecule has 0 aliphatic carbocycles. The van der Waals surface area contributed by atoms with Crippen molar-refractivity contribution in [2.24, 2.45) is 0 Å². The summed E-state index contributed by atoms with van der Waals surface area (Å²) in [6.45, 7) is 5.63. The van der Waals surface area contributed by atoms with Crippen LogP contribution in [0.15, 0.2) is 58.3 Å². The van der Waals surface area contributed by atoms with E-state index in [0.29, 0.717) is 6.42 Å². The molecule has 6 nitrogen and oxygen atoms in total. The van der Waals surface area contributed by atoms with Gasteiger partial charge in [0, 0.05) is 6.04 Å². The summed E-state index contributed by atoms with van der Waals surface area (Å²) in [4.78, 5) is 0.139. The molecule has 2 N–H and O–H groups in total. The van der Waals surface area contributed by atoms with Gasteiger partial charge in [-0.2, -0.15) is 0 Å². The molecule has 0 saturated carbocycles. The number of rotatable bonds is 8. The van der Waals surface area contributed by atoms with Gasteiger partial charge in [-0.05, 0) is 55.7 Å². The van der Waals surface area contributed by atoms with Crippen molar-refractivity contribution in [1.82, 2.24) is 4.72 Å². The Morgan fingerprint density at radius 2 is 1.54 bits per heavy atom. The number of benzene rings is 2. The van der Waals surface area contributed by atoms with Crippen molar-refractivity contribution in [3.63, 3.8) is 0 Å². The summed E-state index contributed by atoms with van der Waals surface area (Å²) in [7, 11) is -7.50. The normalized spacial score (nSPS) is 13.3. The zero-order valence-corrected chi connectivity index (χ0v) is 16.7. The van der Waals surface area contributed by atoms with Crippen LogP contribution >= 0.6 is 0 Å². The molecule has 0 aliphatic heterocycles. The van der Waals surface area contributed by atoms with E-state index in [9.17, 15) is 16.8 Å². The van der Waals surface area contributed by atoms with E-state index in [4.69, 9.17) is 0 Å². The first-order valence-electron chi connectivity index (χ1n) is 8.42. The zero-order valence-electron chi connectivity index (χ0n) is 15.1. The van der Waals surface area contributed by atoms with Gasteiger partial charge in [0.25, 0.3) is 10.0 Å². The Morgan fingerprint density at radius 1 is 0.885 bits per heavy atom. The largest absolute Gasteiger partial charge is 0.280 e. The summed E-state index contributed by atoms with van der Waals surface area (Å²) in [5, 5.41) is 0. The lowest BCUT2D eigenvalue weighted by Gasteiger charge is -2.13. The molecule has 1 atom stereocenters. The highest BCUT2D eigenvalue weighted by Crippen LogP contribution is 2.20. The minimum Gasteiger partial charge on any atom is -0.280 e. The Labute approximate surface area is 155 Å². The predicted octanol–water partition coefficient (Wildman–Crippen LogP) is 3.13. The highest BCUT2D eigenvalue weighted by Gasteiger charge is 2.19. The maximum atomic E-state index is 12.5.